The van der Waals surface area contributed by atoms with E-state index >= 15 is 0 Å². The van der Waals surface area contributed by atoms with E-state index in [0.29, 0.717) is 6.10 Å². The maximum absolute atomic E-state index is 6.09. The molecule has 0 aliphatic carbocycles. The molecule has 1 aliphatic heterocycles. The van der Waals surface area contributed by atoms with E-state index < -0.39 is 0 Å². The van der Waals surface area contributed by atoms with Crippen molar-refractivity contribution < 1.29 is 4.74 Å². The Kier molecular flexibility index (Phi) is 3.01. The van der Waals surface area contributed by atoms with Crippen molar-refractivity contribution in [2.75, 3.05) is 5.33 Å². The molecule has 0 N–H and O–H groups in total. The van der Waals surface area contributed by atoms with E-state index in [1.54, 1.807) is 0 Å². The Hall–Kier alpha value is 0.140. The van der Waals surface area contributed by atoms with E-state index in [2.05, 4.69) is 41.2 Å². The van der Waals surface area contributed by atoms with Gasteiger partial charge in [-0.2, -0.15) is 0 Å². The lowest BCUT2D eigenvalue weighted by atomic mass is 10.0. The summed E-state index contributed by atoms with van der Waals surface area (Å²) < 4.78 is 6.09. The summed E-state index contributed by atoms with van der Waals surface area (Å²) in [6, 6.07) is 2.17. The summed E-state index contributed by atoms with van der Waals surface area (Å²) in [4.78, 5) is 1.41. The molecule has 0 spiro atoms. The van der Waals surface area contributed by atoms with Crippen molar-refractivity contribution in [1.29, 1.82) is 0 Å². The maximum Gasteiger partial charge on any atom is 0.0928 e. The third kappa shape index (κ3) is 1.90. The molecule has 0 amide bonds. The molecular weight excluding hydrogens is 260 g/mol. The van der Waals surface area contributed by atoms with Crippen molar-refractivity contribution >= 4 is 27.3 Å². The zero-order valence-corrected chi connectivity index (χ0v) is 11.0. The summed E-state index contributed by atoms with van der Waals surface area (Å²) in [7, 11) is 0. The summed E-state index contributed by atoms with van der Waals surface area (Å²) in [5.41, 5.74) is 1.42. The standard InChI is InChI=1S/C11H15BrOS/c1-8-4-6-14-10(8)9-3-5-11(2,7-12)13-9/h4,6,9H,3,5,7H2,1-2H3. The van der Waals surface area contributed by atoms with Crippen LogP contribution in [-0.4, -0.2) is 10.9 Å². The fourth-order valence-electron chi connectivity index (χ4n) is 1.89. The number of rotatable bonds is 2. The molecule has 1 aromatic heterocycles. The molecule has 2 unspecified atom stereocenters. The average molecular weight is 275 g/mol. The van der Waals surface area contributed by atoms with Crippen molar-refractivity contribution in [3.05, 3.63) is 21.9 Å². The quantitative estimate of drug-likeness (QED) is 0.739. The lowest BCUT2D eigenvalue weighted by Gasteiger charge is -2.21. The van der Waals surface area contributed by atoms with Crippen LogP contribution >= 0.6 is 27.3 Å². The first-order valence-corrected chi connectivity index (χ1v) is 6.92. The van der Waals surface area contributed by atoms with Crippen LogP contribution in [0.2, 0.25) is 0 Å². The summed E-state index contributed by atoms with van der Waals surface area (Å²) in [5.74, 6) is 0. The van der Waals surface area contributed by atoms with Crippen molar-refractivity contribution in [2.45, 2.75) is 38.4 Å². The highest BCUT2D eigenvalue weighted by atomic mass is 79.9. The number of halogens is 1. The molecule has 0 aromatic carbocycles. The first kappa shape index (κ1) is 10.7. The lowest BCUT2D eigenvalue weighted by molar-refractivity contribution is -0.0107. The van der Waals surface area contributed by atoms with Gasteiger partial charge < -0.3 is 4.74 Å². The molecule has 1 aromatic rings. The van der Waals surface area contributed by atoms with Crippen LogP contribution in [0.4, 0.5) is 0 Å². The van der Waals surface area contributed by atoms with E-state index in [-0.39, 0.29) is 5.60 Å². The van der Waals surface area contributed by atoms with Crippen LogP contribution in [0.15, 0.2) is 11.4 Å². The van der Waals surface area contributed by atoms with Crippen molar-refractivity contribution in [3.63, 3.8) is 0 Å². The molecule has 1 aliphatic rings. The summed E-state index contributed by atoms with van der Waals surface area (Å²) in [5, 5.41) is 3.08. The van der Waals surface area contributed by atoms with Gasteiger partial charge in [0.25, 0.3) is 0 Å². The van der Waals surface area contributed by atoms with Gasteiger partial charge in [-0.05, 0) is 43.7 Å². The molecule has 2 atom stereocenters. The smallest absolute Gasteiger partial charge is 0.0928 e. The number of thiophene rings is 1. The van der Waals surface area contributed by atoms with Gasteiger partial charge in [0.1, 0.15) is 0 Å². The second-order valence-corrected chi connectivity index (χ2v) is 5.70. The van der Waals surface area contributed by atoms with Gasteiger partial charge in [-0.25, -0.2) is 0 Å². The minimum absolute atomic E-state index is 0.0428. The Balaban J connectivity index is 2.13. The highest BCUT2D eigenvalue weighted by Crippen LogP contribution is 2.42. The summed E-state index contributed by atoms with van der Waals surface area (Å²) in [6.07, 6.45) is 2.64. The van der Waals surface area contributed by atoms with Crippen LogP contribution in [-0.2, 0) is 4.74 Å². The van der Waals surface area contributed by atoms with E-state index in [9.17, 15) is 0 Å². The highest BCUT2D eigenvalue weighted by molar-refractivity contribution is 9.09. The van der Waals surface area contributed by atoms with Crippen molar-refractivity contribution in [3.8, 4) is 0 Å². The minimum atomic E-state index is 0.0428. The lowest BCUT2D eigenvalue weighted by Crippen LogP contribution is -2.24. The molecule has 0 saturated carbocycles. The van der Waals surface area contributed by atoms with Gasteiger partial charge in [0.15, 0.2) is 0 Å². The Morgan fingerprint density at radius 3 is 3.00 bits per heavy atom. The Morgan fingerprint density at radius 2 is 2.50 bits per heavy atom. The molecule has 2 heterocycles. The second kappa shape index (κ2) is 3.95. The topological polar surface area (TPSA) is 9.23 Å². The molecule has 14 heavy (non-hydrogen) atoms. The normalized spacial score (nSPS) is 32.4. The van der Waals surface area contributed by atoms with Gasteiger partial charge in [0.2, 0.25) is 0 Å². The Morgan fingerprint density at radius 1 is 1.71 bits per heavy atom. The van der Waals surface area contributed by atoms with Gasteiger partial charge in [0.05, 0.1) is 11.7 Å². The van der Waals surface area contributed by atoms with Crippen LogP contribution in [0.5, 0.6) is 0 Å². The third-order valence-corrected chi connectivity index (χ3v) is 5.14. The second-order valence-electron chi connectivity index (χ2n) is 4.20. The first-order chi connectivity index (χ1) is 6.64. The summed E-state index contributed by atoms with van der Waals surface area (Å²) >= 11 is 5.34. The Bertz CT molecular complexity index is 323. The number of hydrogen-bond acceptors (Lipinski definition) is 2. The van der Waals surface area contributed by atoms with E-state index in [1.807, 2.05) is 11.3 Å². The molecule has 2 rings (SSSR count). The Labute approximate surface area is 97.6 Å². The van der Waals surface area contributed by atoms with E-state index in [4.69, 9.17) is 4.74 Å². The fourth-order valence-corrected chi connectivity index (χ4v) is 3.30. The van der Waals surface area contributed by atoms with Crippen LogP contribution in [0.25, 0.3) is 0 Å². The predicted molar refractivity (Wildman–Crippen MR) is 64.3 cm³/mol. The zero-order valence-electron chi connectivity index (χ0n) is 8.55. The van der Waals surface area contributed by atoms with E-state index in [0.717, 1.165) is 18.2 Å². The summed E-state index contributed by atoms with van der Waals surface area (Å²) in [6.45, 7) is 4.35. The van der Waals surface area contributed by atoms with Crippen LogP contribution in [0, 0.1) is 6.92 Å². The van der Waals surface area contributed by atoms with Gasteiger partial charge in [-0.15, -0.1) is 11.3 Å². The molecule has 3 heteroatoms. The van der Waals surface area contributed by atoms with Crippen LogP contribution < -0.4 is 0 Å². The van der Waals surface area contributed by atoms with Gasteiger partial charge in [-0.1, -0.05) is 15.9 Å². The molecular formula is C11H15BrOS. The number of alkyl halides is 1. The number of hydrogen-bond donors (Lipinski definition) is 0. The third-order valence-electron chi connectivity index (χ3n) is 2.84. The number of aryl methyl sites for hydroxylation is 1. The maximum atomic E-state index is 6.09. The van der Waals surface area contributed by atoms with Crippen LogP contribution in [0.3, 0.4) is 0 Å². The van der Waals surface area contributed by atoms with Crippen molar-refractivity contribution in [2.24, 2.45) is 0 Å². The van der Waals surface area contributed by atoms with E-state index in [1.165, 1.54) is 10.4 Å². The fraction of sp³-hybridized carbons (Fsp3) is 0.636. The van der Waals surface area contributed by atoms with Gasteiger partial charge in [-0.3, -0.25) is 0 Å². The number of ether oxygens (including phenoxy) is 1. The predicted octanol–water partition coefficient (Wildman–Crippen LogP) is 4.06. The molecule has 1 saturated heterocycles. The minimum Gasteiger partial charge on any atom is -0.366 e. The van der Waals surface area contributed by atoms with Crippen LogP contribution in [0.1, 0.15) is 36.3 Å². The average Bonchev–Trinajstić information content (AvgIpc) is 2.73. The zero-order chi connectivity index (χ0) is 10.2. The van der Waals surface area contributed by atoms with Gasteiger partial charge >= 0.3 is 0 Å². The largest absolute Gasteiger partial charge is 0.366 e. The molecule has 1 nitrogen and oxygen atoms in total. The SMILES string of the molecule is Cc1ccsc1C1CCC(C)(CBr)O1. The molecule has 0 bridgehead atoms. The molecule has 1 fully saturated rings. The monoisotopic (exact) mass is 274 g/mol. The molecule has 0 radical (unpaired) electrons. The molecule has 78 valence electrons. The highest BCUT2D eigenvalue weighted by Gasteiger charge is 2.36. The first-order valence-electron chi connectivity index (χ1n) is 4.92. The van der Waals surface area contributed by atoms with Gasteiger partial charge in [0, 0.05) is 10.2 Å². The van der Waals surface area contributed by atoms with Crippen molar-refractivity contribution in [1.82, 2.24) is 0 Å².